The zero-order valence-corrected chi connectivity index (χ0v) is 10.8. The van der Waals surface area contributed by atoms with Gasteiger partial charge in [-0.3, -0.25) is 4.79 Å². The van der Waals surface area contributed by atoms with E-state index >= 15 is 0 Å². The number of rotatable bonds is 5. The van der Waals surface area contributed by atoms with Crippen LogP contribution in [0, 0.1) is 0 Å². The van der Waals surface area contributed by atoms with Crippen molar-refractivity contribution in [3.8, 4) is 0 Å². The number of anilines is 1. The minimum atomic E-state index is 0.00468. The second-order valence-electron chi connectivity index (χ2n) is 4.07. The lowest BCUT2D eigenvalue weighted by Crippen LogP contribution is -2.20. The van der Waals surface area contributed by atoms with Crippen LogP contribution >= 0.6 is 11.3 Å². The zero-order valence-electron chi connectivity index (χ0n) is 10.0. The monoisotopic (exact) mass is 260 g/mol. The van der Waals surface area contributed by atoms with Crippen LogP contribution in [0.5, 0.6) is 0 Å². The quantitative estimate of drug-likeness (QED) is 0.868. The molecule has 0 aliphatic heterocycles. The smallest absolute Gasteiger partial charge is 0.225 e. The fourth-order valence-electron chi connectivity index (χ4n) is 1.78. The van der Waals surface area contributed by atoms with E-state index in [2.05, 4.69) is 5.32 Å². The summed E-state index contributed by atoms with van der Waals surface area (Å²) in [5.74, 6) is 0.110. The van der Waals surface area contributed by atoms with Gasteiger partial charge < -0.3 is 11.1 Å². The molecule has 18 heavy (non-hydrogen) atoms. The van der Waals surface area contributed by atoms with E-state index in [0.717, 1.165) is 5.69 Å². The predicted octanol–water partition coefficient (Wildman–Crippen LogP) is 2.82. The van der Waals surface area contributed by atoms with E-state index < -0.39 is 0 Å². The van der Waals surface area contributed by atoms with Crippen LogP contribution in [0.25, 0.3) is 0 Å². The van der Waals surface area contributed by atoms with E-state index in [9.17, 15) is 4.79 Å². The van der Waals surface area contributed by atoms with Crippen LogP contribution in [0.1, 0.15) is 17.2 Å². The SMILES string of the molecule is NCC(CC(=O)Nc1ccccc1)c1cccs1. The Kier molecular flexibility index (Phi) is 4.50. The Hall–Kier alpha value is -1.65. The van der Waals surface area contributed by atoms with Crippen molar-refractivity contribution in [2.75, 3.05) is 11.9 Å². The van der Waals surface area contributed by atoms with Gasteiger partial charge in [-0.05, 0) is 23.6 Å². The maximum Gasteiger partial charge on any atom is 0.225 e. The highest BCUT2D eigenvalue weighted by Crippen LogP contribution is 2.23. The third-order valence-electron chi connectivity index (χ3n) is 2.72. The standard InChI is InChI=1S/C14H16N2OS/c15-10-11(13-7-4-8-18-13)9-14(17)16-12-5-2-1-3-6-12/h1-8,11H,9-10,15H2,(H,16,17). The number of amides is 1. The number of para-hydroxylation sites is 1. The van der Waals surface area contributed by atoms with Gasteiger partial charge in [0.15, 0.2) is 0 Å². The molecule has 2 rings (SSSR count). The molecule has 4 heteroatoms. The molecule has 1 amide bonds. The topological polar surface area (TPSA) is 55.1 Å². The first kappa shape index (κ1) is 12.8. The number of benzene rings is 1. The van der Waals surface area contributed by atoms with Gasteiger partial charge >= 0.3 is 0 Å². The van der Waals surface area contributed by atoms with Crippen molar-refractivity contribution in [2.45, 2.75) is 12.3 Å². The van der Waals surface area contributed by atoms with Crippen LogP contribution in [0.15, 0.2) is 47.8 Å². The van der Waals surface area contributed by atoms with E-state index in [1.165, 1.54) is 4.88 Å². The summed E-state index contributed by atoms with van der Waals surface area (Å²) < 4.78 is 0. The molecular weight excluding hydrogens is 244 g/mol. The van der Waals surface area contributed by atoms with Crippen LogP contribution in [-0.2, 0) is 4.79 Å². The number of carbonyl (C=O) groups excluding carboxylic acids is 1. The summed E-state index contributed by atoms with van der Waals surface area (Å²) in [4.78, 5) is 13.1. The third-order valence-corrected chi connectivity index (χ3v) is 3.75. The van der Waals surface area contributed by atoms with E-state index in [1.54, 1.807) is 11.3 Å². The Morgan fingerprint density at radius 1 is 1.22 bits per heavy atom. The summed E-state index contributed by atoms with van der Waals surface area (Å²) in [5, 5.41) is 4.89. The van der Waals surface area contributed by atoms with Gasteiger partial charge in [0, 0.05) is 29.4 Å². The van der Waals surface area contributed by atoms with E-state index in [0.29, 0.717) is 13.0 Å². The third kappa shape index (κ3) is 3.42. The van der Waals surface area contributed by atoms with Crippen molar-refractivity contribution in [3.05, 3.63) is 52.7 Å². The summed E-state index contributed by atoms with van der Waals surface area (Å²) in [5.41, 5.74) is 6.56. The fourth-order valence-corrected chi connectivity index (χ4v) is 2.62. The lowest BCUT2D eigenvalue weighted by atomic mass is 10.0. The molecule has 0 aliphatic rings. The van der Waals surface area contributed by atoms with Crippen LogP contribution in [0.2, 0.25) is 0 Å². The first-order chi connectivity index (χ1) is 8.79. The van der Waals surface area contributed by atoms with E-state index in [-0.39, 0.29) is 11.8 Å². The Balaban J connectivity index is 1.94. The molecule has 0 radical (unpaired) electrons. The molecule has 1 unspecified atom stereocenters. The second kappa shape index (κ2) is 6.33. The Labute approximate surface area is 111 Å². The molecular formula is C14H16N2OS. The van der Waals surface area contributed by atoms with Crippen molar-refractivity contribution in [3.63, 3.8) is 0 Å². The van der Waals surface area contributed by atoms with Crippen molar-refractivity contribution < 1.29 is 4.79 Å². The molecule has 3 N–H and O–H groups in total. The number of hydrogen-bond donors (Lipinski definition) is 2. The van der Waals surface area contributed by atoms with Gasteiger partial charge in [-0.15, -0.1) is 11.3 Å². The molecule has 1 heterocycles. The van der Waals surface area contributed by atoms with Crippen molar-refractivity contribution in [2.24, 2.45) is 5.73 Å². The van der Waals surface area contributed by atoms with Crippen LogP contribution < -0.4 is 11.1 Å². The van der Waals surface area contributed by atoms with Crippen molar-refractivity contribution in [1.82, 2.24) is 0 Å². The number of thiophene rings is 1. The summed E-state index contributed by atoms with van der Waals surface area (Å²) in [6.45, 7) is 0.489. The molecule has 0 aliphatic carbocycles. The van der Waals surface area contributed by atoms with Gasteiger partial charge in [-0.1, -0.05) is 24.3 Å². The van der Waals surface area contributed by atoms with Gasteiger partial charge in [0.05, 0.1) is 0 Å². The number of hydrogen-bond acceptors (Lipinski definition) is 3. The van der Waals surface area contributed by atoms with Crippen LogP contribution in [0.4, 0.5) is 5.69 Å². The van der Waals surface area contributed by atoms with E-state index in [1.807, 2.05) is 47.8 Å². The molecule has 1 aromatic heterocycles. The first-order valence-corrected chi connectivity index (χ1v) is 6.76. The van der Waals surface area contributed by atoms with E-state index in [4.69, 9.17) is 5.73 Å². The predicted molar refractivity (Wildman–Crippen MR) is 75.8 cm³/mol. The average Bonchev–Trinajstić information content (AvgIpc) is 2.91. The van der Waals surface area contributed by atoms with Gasteiger partial charge in [-0.2, -0.15) is 0 Å². The van der Waals surface area contributed by atoms with Gasteiger partial charge in [0.25, 0.3) is 0 Å². The lowest BCUT2D eigenvalue weighted by Gasteiger charge is -2.12. The molecule has 0 bridgehead atoms. The van der Waals surface area contributed by atoms with Gasteiger partial charge in [0.1, 0.15) is 0 Å². The molecule has 0 fully saturated rings. The molecule has 0 saturated heterocycles. The minimum Gasteiger partial charge on any atom is -0.330 e. The Morgan fingerprint density at radius 2 is 2.00 bits per heavy atom. The molecule has 0 saturated carbocycles. The first-order valence-electron chi connectivity index (χ1n) is 5.88. The lowest BCUT2D eigenvalue weighted by molar-refractivity contribution is -0.116. The van der Waals surface area contributed by atoms with Crippen LogP contribution in [0.3, 0.4) is 0 Å². The average molecular weight is 260 g/mol. The summed E-state index contributed by atoms with van der Waals surface area (Å²) >= 11 is 1.64. The highest BCUT2D eigenvalue weighted by molar-refractivity contribution is 7.10. The zero-order chi connectivity index (χ0) is 12.8. The van der Waals surface area contributed by atoms with Gasteiger partial charge in [-0.25, -0.2) is 0 Å². The number of carbonyl (C=O) groups is 1. The summed E-state index contributed by atoms with van der Waals surface area (Å²) in [7, 11) is 0. The van der Waals surface area contributed by atoms with Gasteiger partial charge in [0.2, 0.25) is 5.91 Å². The minimum absolute atomic E-state index is 0.00468. The van der Waals surface area contributed by atoms with Crippen molar-refractivity contribution >= 4 is 22.9 Å². The Morgan fingerprint density at radius 3 is 2.61 bits per heavy atom. The van der Waals surface area contributed by atoms with Crippen molar-refractivity contribution in [1.29, 1.82) is 0 Å². The molecule has 1 aromatic carbocycles. The highest BCUT2D eigenvalue weighted by Gasteiger charge is 2.15. The molecule has 94 valence electrons. The molecule has 2 aromatic rings. The van der Waals surface area contributed by atoms with Crippen LogP contribution in [-0.4, -0.2) is 12.5 Å². The molecule has 1 atom stereocenters. The maximum absolute atomic E-state index is 11.9. The number of nitrogens with two attached hydrogens (primary N) is 1. The largest absolute Gasteiger partial charge is 0.330 e. The maximum atomic E-state index is 11.9. The normalized spacial score (nSPS) is 12.1. The Bertz CT molecular complexity index is 482. The number of nitrogens with one attached hydrogen (secondary N) is 1. The second-order valence-corrected chi connectivity index (χ2v) is 5.05. The summed E-state index contributed by atoms with van der Waals surface area (Å²) in [6.07, 6.45) is 0.423. The fraction of sp³-hybridized carbons (Fsp3) is 0.214. The highest BCUT2D eigenvalue weighted by atomic mass is 32.1. The molecule has 3 nitrogen and oxygen atoms in total. The molecule has 0 spiro atoms. The summed E-state index contributed by atoms with van der Waals surface area (Å²) in [6, 6.07) is 13.5.